The Morgan fingerprint density at radius 3 is 2.35 bits per heavy atom. The monoisotopic (exact) mass is 739 g/mol. The van der Waals surface area contributed by atoms with Crippen molar-refractivity contribution in [1.82, 2.24) is 19.4 Å². The van der Waals surface area contributed by atoms with Crippen LogP contribution in [0, 0.1) is 10.1 Å². The number of aryl methyl sites for hydroxylation is 1. The summed E-state index contributed by atoms with van der Waals surface area (Å²) in [7, 11) is -0.443. The third-order valence-corrected chi connectivity index (χ3v) is 11.6. The van der Waals surface area contributed by atoms with Gasteiger partial charge < -0.3 is 24.8 Å². The van der Waals surface area contributed by atoms with Gasteiger partial charge in [-0.1, -0.05) is 30.3 Å². The number of nitro benzene ring substituents is 1. The first-order valence-electron chi connectivity index (χ1n) is 17.4. The normalized spacial score (nSPS) is 16.2. The topological polar surface area (TPSA) is 141 Å². The number of sulfonamides is 1. The van der Waals surface area contributed by atoms with E-state index in [1.807, 2.05) is 49.3 Å². The van der Waals surface area contributed by atoms with E-state index in [0.29, 0.717) is 38.4 Å². The maximum absolute atomic E-state index is 13.3. The van der Waals surface area contributed by atoms with E-state index >= 15 is 0 Å². The zero-order valence-electron chi connectivity index (χ0n) is 29.4. The molecule has 51 heavy (non-hydrogen) atoms. The van der Waals surface area contributed by atoms with Crippen molar-refractivity contribution in [2.24, 2.45) is 0 Å². The van der Waals surface area contributed by atoms with Crippen LogP contribution >= 0.6 is 11.8 Å². The number of carbonyl (C=O) groups excluding carboxylic acids is 1. The van der Waals surface area contributed by atoms with E-state index in [2.05, 4.69) is 44.1 Å². The van der Waals surface area contributed by atoms with E-state index in [1.165, 1.54) is 22.6 Å². The zero-order chi connectivity index (χ0) is 36.2. The van der Waals surface area contributed by atoms with Gasteiger partial charge in [0.2, 0.25) is 0 Å². The third-order valence-electron chi connectivity index (χ3n) is 9.09. The highest BCUT2D eigenvalue weighted by Gasteiger charge is 2.28. The fourth-order valence-electron chi connectivity index (χ4n) is 6.11. The van der Waals surface area contributed by atoms with Crippen LogP contribution in [0.4, 0.5) is 21.9 Å². The van der Waals surface area contributed by atoms with Gasteiger partial charge in [0.25, 0.3) is 15.7 Å². The number of nitro groups is 1. The van der Waals surface area contributed by atoms with Crippen molar-refractivity contribution < 1.29 is 22.9 Å². The molecule has 2 fully saturated rings. The number of urea groups is 1. The van der Waals surface area contributed by atoms with Crippen molar-refractivity contribution in [3.05, 3.63) is 88.5 Å². The Morgan fingerprint density at radius 2 is 1.69 bits per heavy atom. The van der Waals surface area contributed by atoms with Crippen LogP contribution in [0.1, 0.15) is 18.4 Å². The lowest BCUT2D eigenvalue weighted by Gasteiger charge is -2.36. The van der Waals surface area contributed by atoms with Gasteiger partial charge in [-0.05, 0) is 88.4 Å². The summed E-state index contributed by atoms with van der Waals surface area (Å²) in [5.74, 6) is 0.652. The molecule has 0 bridgehead atoms. The molecule has 0 aromatic heterocycles. The number of anilines is 2. The number of benzene rings is 3. The summed E-state index contributed by atoms with van der Waals surface area (Å²) in [5.41, 5.74) is 2.19. The average molecular weight is 740 g/mol. The largest absolute Gasteiger partial charge is 0.379 e. The van der Waals surface area contributed by atoms with E-state index in [1.54, 1.807) is 11.8 Å². The average Bonchev–Trinajstić information content (AvgIpc) is 3.13. The third kappa shape index (κ3) is 11.6. The number of ether oxygens (including phenoxy) is 1. The predicted octanol–water partition coefficient (Wildman–Crippen LogP) is 4.60. The second-order valence-electron chi connectivity index (χ2n) is 13.1. The van der Waals surface area contributed by atoms with Gasteiger partial charge in [0.15, 0.2) is 0 Å². The van der Waals surface area contributed by atoms with Crippen molar-refractivity contribution >= 4 is 44.9 Å². The van der Waals surface area contributed by atoms with Crippen LogP contribution in [0.15, 0.2) is 82.6 Å². The van der Waals surface area contributed by atoms with E-state index in [4.69, 9.17) is 4.74 Å². The first-order chi connectivity index (χ1) is 24.6. The quantitative estimate of drug-likeness (QED) is 0.121. The van der Waals surface area contributed by atoms with Crippen LogP contribution < -0.4 is 14.9 Å². The lowest BCUT2D eigenvalue weighted by molar-refractivity contribution is -0.384. The van der Waals surface area contributed by atoms with Gasteiger partial charge in [0.1, 0.15) is 5.69 Å². The Kier molecular flexibility index (Phi) is 14.0. The molecule has 2 aliphatic rings. The second-order valence-corrected chi connectivity index (χ2v) is 15.9. The highest BCUT2D eigenvalue weighted by molar-refractivity contribution is 7.99. The molecule has 2 N–H and O–H groups in total. The molecule has 13 nitrogen and oxygen atoms in total. The molecule has 3 aromatic rings. The molecule has 2 aliphatic heterocycles. The van der Waals surface area contributed by atoms with Crippen LogP contribution in [-0.4, -0.2) is 126 Å². The maximum Gasteiger partial charge on any atom is 0.331 e. The summed E-state index contributed by atoms with van der Waals surface area (Å²) in [6.07, 6.45) is 2.82. The lowest BCUT2D eigenvalue weighted by atomic mass is 10.1. The van der Waals surface area contributed by atoms with Gasteiger partial charge in [0, 0.05) is 67.7 Å². The van der Waals surface area contributed by atoms with Crippen molar-refractivity contribution in [3.8, 4) is 0 Å². The number of thioether (sulfide) groups is 1. The van der Waals surface area contributed by atoms with Crippen molar-refractivity contribution in [3.63, 3.8) is 0 Å². The maximum atomic E-state index is 13.3. The molecule has 15 heteroatoms. The van der Waals surface area contributed by atoms with Gasteiger partial charge in [-0.25, -0.2) is 17.9 Å². The summed E-state index contributed by atoms with van der Waals surface area (Å²) >= 11 is 1.64. The van der Waals surface area contributed by atoms with E-state index in [9.17, 15) is 23.3 Å². The number of nitrogens with one attached hydrogen (secondary N) is 2. The predicted molar refractivity (Wildman–Crippen MR) is 202 cm³/mol. The summed E-state index contributed by atoms with van der Waals surface area (Å²) in [6.45, 7) is 7.20. The first-order valence-corrected chi connectivity index (χ1v) is 19.9. The van der Waals surface area contributed by atoms with Crippen LogP contribution in [-0.2, 0) is 21.2 Å². The van der Waals surface area contributed by atoms with Gasteiger partial charge in [-0.15, -0.1) is 11.8 Å². The lowest BCUT2D eigenvalue weighted by Crippen LogP contribution is -2.52. The van der Waals surface area contributed by atoms with E-state index in [-0.39, 0.29) is 22.3 Å². The molecular formula is C36H49N7O6S2. The minimum absolute atomic E-state index is 0.124. The van der Waals surface area contributed by atoms with Crippen LogP contribution in [0.2, 0.25) is 0 Å². The first kappa shape index (κ1) is 38.3. The molecule has 0 aliphatic carbocycles. The van der Waals surface area contributed by atoms with Gasteiger partial charge in [-0.3, -0.25) is 15.0 Å². The van der Waals surface area contributed by atoms with Gasteiger partial charge >= 0.3 is 6.03 Å². The molecule has 2 heterocycles. The smallest absolute Gasteiger partial charge is 0.331 e. The highest BCUT2D eigenvalue weighted by Crippen LogP contribution is 2.30. The SMILES string of the molecule is CN(C)CC[C@H](CSc1ccccc1)Nc1ccc(S(=O)(=O)NC(=O)N2CCN(c3ccc(CCCN4CCOCC4)cc3)CC2)cc1[N+](=O)[O-]. The van der Waals surface area contributed by atoms with E-state index in [0.717, 1.165) is 68.9 Å². The summed E-state index contributed by atoms with van der Waals surface area (Å²) < 4.78 is 34.1. The molecule has 2 amide bonds. The van der Waals surface area contributed by atoms with E-state index < -0.39 is 21.0 Å². The molecular weight excluding hydrogens is 691 g/mol. The summed E-state index contributed by atoms with van der Waals surface area (Å²) in [6, 6.07) is 21.2. The van der Waals surface area contributed by atoms with Gasteiger partial charge in [-0.2, -0.15) is 0 Å². The molecule has 3 aromatic carbocycles. The number of hydrogen-bond acceptors (Lipinski definition) is 11. The summed E-state index contributed by atoms with van der Waals surface area (Å²) in [5, 5.41) is 15.4. The number of carbonyl (C=O) groups is 1. The van der Waals surface area contributed by atoms with Gasteiger partial charge in [0.05, 0.1) is 23.0 Å². The van der Waals surface area contributed by atoms with Crippen molar-refractivity contribution in [2.75, 3.05) is 95.6 Å². The fraction of sp³-hybridized carbons (Fsp3) is 0.472. The molecule has 0 saturated carbocycles. The Morgan fingerprint density at radius 1 is 0.980 bits per heavy atom. The zero-order valence-corrected chi connectivity index (χ0v) is 31.0. The number of piperazine rings is 1. The molecule has 276 valence electrons. The highest BCUT2D eigenvalue weighted by atomic mass is 32.2. The fourth-order valence-corrected chi connectivity index (χ4v) is 8.09. The minimum Gasteiger partial charge on any atom is -0.379 e. The van der Waals surface area contributed by atoms with Crippen molar-refractivity contribution in [2.45, 2.75) is 35.1 Å². The van der Waals surface area contributed by atoms with Crippen LogP contribution in [0.3, 0.4) is 0 Å². The van der Waals surface area contributed by atoms with Crippen LogP contribution in [0.5, 0.6) is 0 Å². The number of rotatable bonds is 16. The number of nitrogens with zero attached hydrogens (tertiary/aromatic N) is 5. The molecule has 0 spiro atoms. The standard InChI is InChI=1S/C36H49N7O6S2/c1-39(2)18-16-30(28-50-32-8-4-3-5-9-32)37-34-15-14-33(27-35(34)43(45)46)51(47,48)38-36(44)42-21-19-41(20-22-42)31-12-10-29(11-13-31)7-6-17-40-23-25-49-26-24-40/h3-5,8-15,27,30,37H,6-7,16-26,28H2,1-2H3,(H,38,44)/t30-/m1/s1. The van der Waals surface area contributed by atoms with Crippen LogP contribution in [0.25, 0.3) is 0 Å². The number of amides is 2. The number of hydrogen-bond donors (Lipinski definition) is 2. The van der Waals surface area contributed by atoms with Crippen molar-refractivity contribution in [1.29, 1.82) is 0 Å². The second kappa shape index (κ2) is 18.6. The molecule has 2 saturated heterocycles. The minimum atomic E-state index is -4.37. The Bertz CT molecular complexity index is 1680. The Hall–Kier alpha value is -3.89. The Balaban J connectivity index is 1.14. The summed E-state index contributed by atoms with van der Waals surface area (Å²) in [4.78, 5) is 33.5. The molecule has 0 radical (unpaired) electrons. The molecule has 0 unspecified atom stereocenters. The Labute approximate surface area is 305 Å². The number of morpholine rings is 1. The molecule has 1 atom stereocenters. The molecule has 5 rings (SSSR count).